The van der Waals surface area contributed by atoms with E-state index in [1.54, 1.807) is 10.6 Å². The molecule has 0 atom stereocenters. The van der Waals surface area contributed by atoms with Gasteiger partial charge in [0.15, 0.2) is 5.16 Å². The molecule has 3 aromatic rings. The van der Waals surface area contributed by atoms with Crippen LogP contribution in [0.4, 0.5) is 0 Å². The number of rotatable bonds is 8. The zero-order valence-corrected chi connectivity index (χ0v) is 15.5. The molecule has 0 aliphatic heterocycles. The number of fused-ring (bicyclic) bond motifs is 1. The SMILES string of the molecule is CCOc1ccccc1CSc1nc2ccccc2c(=O)n1CCCO. The van der Waals surface area contributed by atoms with Crippen molar-refractivity contribution in [2.45, 2.75) is 30.8 Å². The highest BCUT2D eigenvalue weighted by atomic mass is 32.2. The molecule has 26 heavy (non-hydrogen) atoms. The van der Waals surface area contributed by atoms with Gasteiger partial charge in [0.1, 0.15) is 5.75 Å². The first-order valence-electron chi connectivity index (χ1n) is 8.68. The molecule has 1 N–H and O–H groups in total. The standard InChI is InChI=1S/C20H22N2O3S/c1-2-25-18-11-6-3-8-15(18)14-26-20-21-17-10-5-4-9-16(17)19(24)22(20)12-7-13-23/h3-6,8-11,23H,2,7,12-14H2,1H3. The maximum absolute atomic E-state index is 12.8. The van der Waals surface area contributed by atoms with E-state index in [9.17, 15) is 4.79 Å². The predicted molar refractivity (Wildman–Crippen MR) is 105 cm³/mol. The van der Waals surface area contributed by atoms with E-state index >= 15 is 0 Å². The molecule has 0 saturated carbocycles. The lowest BCUT2D eigenvalue weighted by atomic mass is 10.2. The van der Waals surface area contributed by atoms with Crippen LogP contribution in [-0.4, -0.2) is 27.9 Å². The average molecular weight is 370 g/mol. The van der Waals surface area contributed by atoms with Crippen LogP contribution in [0.5, 0.6) is 5.75 Å². The second-order valence-corrected chi connectivity index (χ2v) is 6.72. The normalized spacial score (nSPS) is 11.0. The fraction of sp³-hybridized carbons (Fsp3) is 0.300. The van der Waals surface area contributed by atoms with Crippen molar-refractivity contribution in [2.75, 3.05) is 13.2 Å². The molecule has 0 aliphatic carbocycles. The minimum absolute atomic E-state index is 0.0382. The van der Waals surface area contributed by atoms with E-state index in [0.717, 1.165) is 11.3 Å². The summed E-state index contributed by atoms with van der Waals surface area (Å²) in [5.74, 6) is 1.51. The van der Waals surface area contributed by atoms with Crippen LogP contribution in [0.1, 0.15) is 18.9 Å². The zero-order chi connectivity index (χ0) is 18.4. The van der Waals surface area contributed by atoms with Gasteiger partial charge >= 0.3 is 0 Å². The van der Waals surface area contributed by atoms with Gasteiger partial charge in [-0.3, -0.25) is 9.36 Å². The first-order chi connectivity index (χ1) is 12.7. The highest BCUT2D eigenvalue weighted by Gasteiger charge is 2.12. The quantitative estimate of drug-likeness (QED) is 0.486. The number of nitrogens with zero attached hydrogens (tertiary/aromatic N) is 2. The van der Waals surface area contributed by atoms with E-state index in [4.69, 9.17) is 9.84 Å². The molecule has 0 aliphatic rings. The van der Waals surface area contributed by atoms with Crippen LogP contribution in [0.25, 0.3) is 10.9 Å². The first-order valence-corrected chi connectivity index (χ1v) is 9.67. The second kappa shape index (κ2) is 8.87. The van der Waals surface area contributed by atoms with Crippen molar-refractivity contribution >= 4 is 22.7 Å². The molecule has 2 aromatic carbocycles. The van der Waals surface area contributed by atoms with Gasteiger partial charge in [0.25, 0.3) is 5.56 Å². The number of hydrogen-bond acceptors (Lipinski definition) is 5. The Balaban J connectivity index is 1.95. The van der Waals surface area contributed by atoms with Crippen molar-refractivity contribution in [1.82, 2.24) is 9.55 Å². The molecule has 1 aromatic heterocycles. The van der Waals surface area contributed by atoms with Crippen LogP contribution in [0, 0.1) is 0 Å². The topological polar surface area (TPSA) is 64.3 Å². The number of ether oxygens (including phenoxy) is 1. The minimum atomic E-state index is -0.0651. The minimum Gasteiger partial charge on any atom is -0.494 e. The van der Waals surface area contributed by atoms with Crippen molar-refractivity contribution in [3.8, 4) is 5.75 Å². The molecule has 0 bridgehead atoms. The highest BCUT2D eigenvalue weighted by Crippen LogP contribution is 2.27. The van der Waals surface area contributed by atoms with E-state index in [1.165, 1.54) is 11.8 Å². The van der Waals surface area contributed by atoms with E-state index in [1.807, 2.05) is 49.4 Å². The molecular weight excluding hydrogens is 348 g/mol. The fourth-order valence-electron chi connectivity index (χ4n) is 2.75. The number of aromatic nitrogens is 2. The molecule has 0 fully saturated rings. The number of aliphatic hydroxyl groups excluding tert-OH is 1. The third-order valence-electron chi connectivity index (χ3n) is 4.00. The third-order valence-corrected chi connectivity index (χ3v) is 5.02. The summed E-state index contributed by atoms with van der Waals surface area (Å²) >= 11 is 1.51. The lowest BCUT2D eigenvalue weighted by Gasteiger charge is -2.14. The largest absolute Gasteiger partial charge is 0.494 e. The molecule has 1 heterocycles. The third kappa shape index (κ3) is 4.08. The van der Waals surface area contributed by atoms with Crippen molar-refractivity contribution < 1.29 is 9.84 Å². The lowest BCUT2D eigenvalue weighted by Crippen LogP contribution is -2.24. The Morgan fingerprint density at radius 3 is 2.73 bits per heavy atom. The average Bonchev–Trinajstić information content (AvgIpc) is 2.67. The monoisotopic (exact) mass is 370 g/mol. The molecule has 0 amide bonds. The number of benzene rings is 2. The molecule has 5 nitrogen and oxygen atoms in total. The van der Waals surface area contributed by atoms with Crippen molar-refractivity contribution in [3.05, 3.63) is 64.4 Å². The van der Waals surface area contributed by atoms with Gasteiger partial charge in [0.2, 0.25) is 0 Å². The van der Waals surface area contributed by atoms with Gasteiger partial charge in [-0.25, -0.2) is 4.98 Å². The zero-order valence-electron chi connectivity index (χ0n) is 14.7. The maximum atomic E-state index is 12.8. The predicted octanol–water partition coefficient (Wildman–Crippen LogP) is 3.47. The summed E-state index contributed by atoms with van der Waals surface area (Å²) in [4.78, 5) is 17.5. The van der Waals surface area contributed by atoms with E-state index in [0.29, 0.717) is 41.4 Å². The van der Waals surface area contributed by atoms with Crippen molar-refractivity contribution in [2.24, 2.45) is 0 Å². The summed E-state index contributed by atoms with van der Waals surface area (Å²) in [6.07, 6.45) is 0.517. The van der Waals surface area contributed by atoms with Crippen molar-refractivity contribution in [3.63, 3.8) is 0 Å². The summed E-state index contributed by atoms with van der Waals surface area (Å²) in [6, 6.07) is 15.3. The summed E-state index contributed by atoms with van der Waals surface area (Å²) in [5, 5.41) is 10.4. The second-order valence-electron chi connectivity index (χ2n) is 5.77. The summed E-state index contributed by atoms with van der Waals surface area (Å²) in [5.41, 5.74) is 1.69. The Morgan fingerprint density at radius 2 is 1.92 bits per heavy atom. The van der Waals surface area contributed by atoms with Crippen molar-refractivity contribution in [1.29, 1.82) is 0 Å². The van der Waals surface area contributed by atoms with E-state index < -0.39 is 0 Å². The Labute approximate surface area is 156 Å². The number of para-hydroxylation sites is 2. The lowest BCUT2D eigenvalue weighted by molar-refractivity contribution is 0.276. The highest BCUT2D eigenvalue weighted by molar-refractivity contribution is 7.98. The van der Waals surface area contributed by atoms with E-state index in [-0.39, 0.29) is 12.2 Å². The summed E-state index contributed by atoms with van der Waals surface area (Å²) < 4.78 is 7.34. The molecule has 0 unspecified atom stereocenters. The molecule has 0 saturated heterocycles. The number of thioether (sulfide) groups is 1. The van der Waals surface area contributed by atoms with Crippen LogP contribution in [0.3, 0.4) is 0 Å². The maximum Gasteiger partial charge on any atom is 0.262 e. The Hall–Kier alpha value is -2.31. The molecule has 0 spiro atoms. The fourth-order valence-corrected chi connectivity index (χ4v) is 3.76. The van der Waals surface area contributed by atoms with Gasteiger partial charge in [-0.15, -0.1) is 0 Å². The van der Waals surface area contributed by atoms with E-state index in [2.05, 4.69) is 4.98 Å². The van der Waals surface area contributed by atoms with Crippen LogP contribution in [0.15, 0.2) is 58.5 Å². The molecular formula is C20H22N2O3S. The van der Waals surface area contributed by atoms with Crippen LogP contribution < -0.4 is 10.3 Å². The summed E-state index contributed by atoms with van der Waals surface area (Å²) in [6.45, 7) is 3.05. The number of hydrogen-bond donors (Lipinski definition) is 1. The van der Waals surface area contributed by atoms with Gasteiger partial charge in [0.05, 0.1) is 17.5 Å². The first kappa shape index (κ1) is 18.5. The Morgan fingerprint density at radius 1 is 1.15 bits per heavy atom. The van der Waals surface area contributed by atoms with Gasteiger partial charge in [-0.1, -0.05) is 42.1 Å². The van der Waals surface area contributed by atoms with Gasteiger partial charge in [0, 0.05) is 24.5 Å². The molecule has 136 valence electrons. The smallest absolute Gasteiger partial charge is 0.262 e. The van der Waals surface area contributed by atoms with Gasteiger partial charge in [-0.05, 0) is 31.5 Å². The Kier molecular flexibility index (Phi) is 6.30. The number of aliphatic hydroxyl groups is 1. The van der Waals surface area contributed by atoms with Gasteiger partial charge in [-0.2, -0.15) is 0 Å². The van der Waals surface area contributed by atoms with Crippen LogP contribution in [-0.2, 0) is 12.3 Å². The Bertz CT molecular complexity index is 940. The van der Waals surface area contributed by atoms with Crippen LogP contribution in [0.2, 0.25) is 0 Å². The molecule has 0 radical (unpaired) electrons. The van der Waals surface area contributed by atoms with Gasteiger partial charge < -0.3 is 9.84 Å². The molecule has 6 heteroatoms. The van der Waals surface area contributed by atoms with Crippen LogP contribution >= 0.6 is 11.8 Å². The summed E-state index contributed by atoms with van der Waals surface area (Å²) in [7, 11) is 0. The molecule has 3 rings (SSSR count).